The first-order valence-electron chi connectivity index (χ1n) is 5.80. The van der Waals surface area contributed by atoms with E-state index < -0.39 is 9.84 Å². The predicted octanol–water partition coefficient (Wildman–Crippen LogP) is 1.20. The fourth-order valence-corrected chi connectivity index (χ4v) is 3.39. The molecule has 0 spiro atoms. The van der Waals surface area contributed by atoms with Crippen LogP contribution in [-0.2, 0) is 9.84 Å². The highest BCUT2D eigenvalue weighted by molar-refractivity contribution is 7.91. The molecule has 0 bridgehead atoms. The third-order valence-corrected chi connectivity index (χ3v) is 4.91. The molecule has 0 radical (unpaired) electrons. The van der Waals surface area contributed by atoms with E-state index >= 15 is 0 Å². The van der Waals surface area contributed by atoms with Gasteiger partial charge in [-0.15, -0.1) is 0 Å². The number of hydrogen-bond acceptors (Lipinski definition) is 4. The Hall–Kier alpha value is -1.23. The second-order valence-electron chi connectivity index (χ2n) is 4.50. The Balaban J connectivity index is 2.26. The van der Waals surface area contributed by atoms with Crippen LogP contribution in [0.15, 0.2) is 18.2 Å². The SMILES string of the molecule is Cc1cccc(N2CCCS(=O)(=O)CC2)c1N. The van der Waals surface area contributed by atoms with Gasteiger partial charge in [0.15, 0.2) is 9.84 Å². The van der Waals surface area contributed by atoms with Crippen molar-refractivity contribution >= 4 is 21.2 Å². The smallest absolute Gasteiger partial charge is 0.152 e. The second-order valence-corrected chi connectivity index (χ2v) is 6.80. The molecule has 1 aliphatic heterocycles. The highest BCUT2D eigenvalue weighted by Crippen LogP contribution is 2.27. The van der Waals surface area contributed by atoms with Crippen LogP contribution in [0.5, 0.6) is 0 Å². The van der Waals surface area contributed by atoms with Gasteiger partial charge >= 0.3 is 0 Å². The van der Waals surface area contributed by atoms with E-state index in [2.05, 4.69) is 4.90 Å². The third-order valence-electron chi connectivity index (χ3n) is 3.20. The summed E-state index contributed by atoms with van der Waals surface area (Å²) in [6, 6.07) is 5.88. The van der Waals surface area contributed by atoms with Crippen molar-refractivity contribution in [2.75, 3.05) is 35.2 Å². The quantitative estimate of drug-likeness (QED) is 0.765. The lowest BCUT2D eigenvalue weighted by molar-refractivity contribution is 0.597. The van der Waals surface area contributed by atoms with Gasteiger partial charge in [-0.05, 0) is 25.0 Å². The molecule has 0 amide bonds. The summed E-state index contributed by atoms with van der Waals surface area (Å²) in [4.78, 5) is 2.08. The molecule has 1 aromatic rings. The van der Waals surface area contributed by atoms with Crippen LogP contribution in [0.4, 0.5) is 11.4 Å². The van der Waals surface area contributed by atoms with Crippen LogP contribution in [0.25, 0.3) is 0 Å². The van der Waals surface area contributed by atoms with Gasteiger partial charge < -0.3 is 10.6 Å². The summed E-state index contributed by atoms with van der Waals surface area (Å²) in [5, 5.41) is 0. The summed E-state index contributed by atoms with van der Waals surface area (Å²) < 4.78 is 23.1. The molecule has 0 atom stereocenters. The summed E-state index contributed by atoms with van der Waals surface area (Å²) in [5.41, 5.74) is 8.79. The van der Waals surface area contributed by atoms with E-state index in [1.807, 2.05) is 25.1 Å². The first-order chi connectivity index (χ1) is 7.99. The minimum atomic E-state index is -2.87. The number of sulfone groups is 1. The predicted molar refractivity (Wildman–Crippen MR) is 71.1 cm³/mol. The Morgan fingerprint density at radius 2 is 2.00 bits per heavy atom. The van der Waals surface area contributed by atoms with E-state index in [1.165, 1.54) is 0 Å². The van der Waals surface area contributed by atoms with Crippen LogP contribution >= 0.6 is 0 Å². The van der Waals surface area contributed by atoms with Gasteiger partial charge in [0.25, 0.3) is 0 Å². The van der Waals surface area contributed by atoms with Crippen molar-refractivity contribution in [3.8, 4) is 0 Å². The number of nitrogens with zero attached hydrogens (tertiary/aromatic N) is 1. The Bertz CT molecular complexity index is 511. The molecule has 0 saturated carbocycles. The van der Waals surface area contributed by atoms with Gasteiger partial charge in [-0.25, -0.2) is 8.42 Å². The summed E-state index contributed by atoms with van der Waals surface area (Å²) in [6.45, 7) is 3.26. The maximum Gasteiger partial charge on any atom is 0.152 e. The van der Waals surface area contributed by atoms with Gasteiger partial charge in [-0.3, -0.25) is 0 Å². The largest absolute Gasteiger partial charge is 0.397 e. The van der Waals surface area contributed by atoms with Gasteiger partial charge in [0.1, 0.15) is 0 Å². The zero-order valence-electron chi connectivity index (χ0n) is 10.0. The normalized spacial score (nSPS) is 19.9. The van der Waals surface area contributed by atoms with Crippen molar-refractivity contribution in [3.63, 3.8) is 0 Å². The van der Waals surface area contributed by atoms with Crippen LogP contribution in [-0.4, -0.2) is 33.0 Å². The van der Waals surface area contributed by atoms with E-state index in [4.69, 9.17) is 5.73 Å². The van der Waals surface area contributed by atoms with Gasteiger partial charge in [0.05, 0.1) is 22.9 Å². The Morgan fingerprint density at radius 1 is 1.24 bits per heavy atom. The lowest BCUT2D eigenvalue weighted by atomic mass is 10.1. The maximum atomic E-state index is 11.5. The molecule has 0 aromatic heterocycles. The molecule has 0 aliphatic carbocycles. The number of rotatable bonds is 1. The molecular formula is C12H18N2O2S. The average Bonchev–Trinajstić information content (AvgIpc) is 2.44. The second kappa shape index (κ2) is 4.56. The van der Waals surface area contributed by atoms with Crippen molar-refractivity contribution < 1.29 is 8.42 Å². The number of nitrogens with two attached hydrogens (primary N) is 1. The molecule has 1 heterocycles. The fourth-order valence-electron chi connectivity index (χ4n) is 2.12. The molecule has 2 N–H and O–H groups in total. The van der Waals surface area contributed by atoms with E-state index in [0.717, 1.165) is 23.5 Å². The lowest BCUT2D eigenvalue weighted by Gasteiger charge is -2.24. The fraction of sp³-hybridized carbons (Fsp3) is 0.500. The van der Waals surface area contributed by atoms with E-state index in [9.17, 15) is 8.42 Å². The van der Waals surface area contributed by atoms with Crippen LogP contribution in [0.2, 0.25) is 0 Å². The Labute approximate surface area is 102 Å². The van der Waals surface area contributed by atoms with Crippen LogP contribution in [0.1, 0.15) is 12.0 Å². The Kier molecular flexibility index (Phi) is 3.28. The minimum absolute atomic E-state index is 0.223. The Morgan fingerprint density at radius 3 is 2.76 bits per heavy atom. The molecule has 1 aromatic carbocycles. The summed E-state index contributed by atoms with van der Waals surface area (Å²) >= 11 is 0. The number of anilines is 2. The summed E-state index contributed by atoms with van der Waals surface area (Å²) in [6.07, 6.45) is 0.676. The zero-order chi connectivity index (χ0) is 12.5. The van der Waals surface area contributed by atoms with Crippen molar-refractivity contribution in [1.29, 1.82) is 0 Å². The summed E-state index contributed by atoms with van der Waals surface area (Å²) in [7, 11) is -2.87. The number of aryl methyl sites for hydroxylation is 1. The zero-order valence-corrected chi connectivity index (χ0v) is 10.8. The number of benzene rings is 1. The van der Waals surface area contributed by atoms with Crippen molar-refractivity contribution in [1.82, 2.24) is 0 Å². The first kappa shape index (κ1) is 12.2. The van der Waals surface area contributed by atoms with Gasteiger partial charge in [-0.1, -0.05) is 12.1 Å². The standard InChI is InChI=1S/C12H18N2O2S/c1-10-4-2-5-11(12(10)13)14-6-3-8-17(15,16)9-7-14/h2,4-5H,3,6-9,13H2,1H3. The van der Waals surface area contributed by atoms with E-state index in [-0.39, 0.29) is 11.5 Å². The third kappa shape index (κ3) is 2.72. The maximum absolute atomic E-state index is 11.5. The molecule has 1 aliphatic rings. The molecule has 1 saturated heterocycles. The highest BCUT2D eigenvalue weighted by atomic mass is 32.2. The van der Waals surface area contributed by atoms with E-state index in [1.54, 1.807) is 0 Å². The number of hydrogen-bond donors (Lipinski definition) is 1. The van der Waals surface area contributed by atoms with Gasteiger partial charge in [0.2, 0.25) is 0 Å². The highest BCUT2D eigenvalue weighted by Gasteiger charge is 2.20. The van der Waals surface area contributed by atoms with Crippen molar-refractivity contribution in [2.24, 2.45) is 0 Å². The average molecular weight is 254 g/mol. The molecular weight excluding hydrogens is 236 g/mol. The van der Waals surface area contributed by atoms with Gasteiger partial charge in [-0.2, -0.15) is 0 Å². The molecule has 1 fully saturated rings. The molecule has 5 heteroatoms. The molecule has 17 heavy (non-hydrogen) atoms. The number of para-hydroxylation sites is 1. The van der Waals surface area contributed by atoms with Crippen molar-refractivity contribution in [2.45, 2.75) is 13.3 Å². The minimum Gasteiger partial charge on any atom is -0.397 e. The van der Waals surface area contributed by atoms with E-state index in [0.29, 0.717) is 13.0 Å². The molecule has 4 nitrogen and oxygen atoms in total. The van der Waals surface area contributed by atoms with Crippen molar-refractivity contribution in [3.05, 3.63) is 23.8 Å². The van der Waals surface area contributed by atoms with Crippen LogP contribution < -0.4 is 10.6 Å². The molecule has 0 unspecified atom stereocenters. The molecule has 2 rings (SSSR count). The monoisotopic (exact) mass is 254 g/mol. The van der Waals surface area contributed by atoms with Crippen LogP contribution in [0.3, 0.4) is 0 Å². The molecule has 94 valence electrons. The van der Waals surface area contributed by atoms with Crippen LogP contribution in [0, 0.1) is 6.92 Å². The summed E-state index contributed by atoms with van der Waals surface area (Å²) in [5.74, 6) is 0.510. The first-order valence-corrected chi connectivity index (χ1v) is 7.62. The lowest BCUT2D eigenvalue weighted by Crippen LogP contribution is -2.27. The topological polar surface area (TPSA) is 63.4 Å². The number of nitrogen functional groups attached to an aromatic ring is 1. The van der Waals surface area contributed by atoms with Gasteiger partial charge in [0, 0.05) is 13.1 Å².